The molecule has 3 aromatic rings. The van der Waals surface area contributed by atoms with Gasteiger partial charge in [-0.25, -0.2) is 4.79 Å². The number of aromatic carboxylic acids is 1. The Balaban J connectivity index is 2.14. The first kappa shape index (κ1) is 16.9. The molecule has 0 aliphatic rings. The number of methoxy groups -OCH3 is 1. The summed E-state index contributed by atoms with van der Waals surface area (Å²) in [7, 11) is 1.54. The van der Waals surface area contributed by atoms with Gasteiger partial charge in [-0.3, -0.25) is 0 Å². The van der Waals surface area contributed by atoms with Crippen LogP contribution in [0, 0.1) is 0 Å². The minimum atomic E-state index is -4.45. The molecule has 1 aromatic heterocycles. The van der Waals surface area contributed by atoms with Crippen LogP contribution < -0.4 is 4.74 Å². The van der Waals surface area contributed by atoms with Crippen molar-refractivity contribution in [3.63, 3.8) is 0 Å². The predicted molar refractivity (Wildman–Crippen MR) is 86.9 cm³/mol. The summed E-state index contributed by atoms with van der Waals surface area (Å²) in [4.78, 5) is 11.3. The first-order chi connectivity index (χ1) is 11.8. The molecule has 0 unspecified atom stereocenters. The molecule has 0 saturated carbocycles. The van der Waals surface area contributed by atoms with Crippen molar-refractivity contribution < 1.29 is 27.8 Å². The lowest BCUT2D eigenvalue weighted by molar-refractivity contribution is -0.139. The molecule has 0 atom stereocenters. The molecule has 2 aromatic carbocycles. The summed E-state index contributed by atoms with van der Waals surface area (Å²) in [6.45, 7) is -1.25. The van der Waals surface area contributed by atoms with Gasteiger partial charge in [0.15, 0.2) is 0 Å². The van der Waals surface area contributed by atoms with E-state index in [4.69, 9.17) is 4.74 Å². The molecule has 0 bridgehead atoms. The van der Waals surface area contributed by atoms with Crippen molar-refractivity contribution >= 4 is 16.9 Å². The first-order valence-corrected chi connectivity index (χ1v) is 7.36. The third-order valence-corrected chi connectivity index (χ3v) is 3.89. The van der Waals surface area contributed by atoms with Crippen LogP contribution >= 0.6 is 0 Å². The average molecular weight is 349 g/mol. The van der Waals surface area contributed by atoms with Crippen molar-refractivity contribution in [1.29, 1.82) is 0 Å². The molecule has 0 radical (unpaired) electrons. The number of hydrogen-bond acceptors (Lipinski definition) is 2. The molecule has 3 rings (SSSR count). The third kappa shape index (κ3) is 3.45. The number of ether oxygens (including phenoxy) is 1. The number of carboxylic acid groups (broad SMARTS) is 1. The van der Waals surface area contributed by atoms with Crippen LogP contribution in [-0.4, -0.2) is 28.9 Å². The van der Waals surface area contributed by atoms with E-state index in [0.717, 1.165) is 16.3 Å². The van der Waals surface area contributed by atoms with Gasteiger partial charge in [-0.1, -0.05) is 24.3 Å². The zero-order valence-electron chi connectivity index (χ0n) is 13.2. The Morgan fingerprint density at radius 1 is 1.12 bits per heavy atom. The van der Waals surface area contributed by atoms with Gasteiger partial charge in [0.05, 0.1) is 12.7 Å². The highest BCUT2D eigenvalue weighted by atomic mass is 19.4. The van der Waals surface area contributed by atoms with E-state index in [1.54, 1.807) is 43.5 Å². The average Bonchev–Trinajstić information content (AvgIpc) is 2.91. The molecule has 7 heteroatoms. The van der Waals surface area contributed by atoms with Gasteiger partial charge in [0, 0.05) is 17.1 Å². The van der Waals surface area contributed by atoms with Crippen LogP contribution in [0.15, 0.2) is 48.7 Å². The van der Waals surface area contributed by atoms with E-state index in [1.807, 2.05) is 0 Å². The number of halogens is 3. The highest BCUT2D eigenvalue weighted by molar-refractivity contribution is 6.04. The lowest BCUT2D eigenvalue weighted by Gasteiger charge is -2.10. The monoisotopic (exact) mass is 349 g/mol. The number of hydrogen-bond donors (Lipinski definition) is 1. The van der Waals surface area contributed by atoms with Gasteiger partial charge in [0.25, 0.3) is 0 Å². The lowest BCUT2D eigenvalue weighted by Crippen LogP contribution is -2.16. The lowest BCUT2D eigenvalue weighted by atomic mass is 10.0. The van der Waals surface area contributed by atoms with Gasteiger partial charge in [-0.2, -0.15) is 13.2 Å². The number of nitrogens with zero attached hydrogens (tertiary/aromatic N) is 1. The zero-order valence-corrected chi connectivity index (χ0v) is 13.2. The van der Waals surface area contributed by atoms with Gasteiger partial charge < -0.3 is 14.4 Å². The van der Waals surface area contributed by atoms with E-state index in [9.17, 15) is 23.1 Å². The molecule has 1 N–H and O–H groups in total. The maximum absolute atomic E-state index is 12.8. The number of rotatable bonds is 4. The van der Waals surface area contributed by atoms with Crippen LogP contribution in [0.25, 0.3) is 22.0 Å². The van der Waals surface area contributed by atoms with Crippen LogP contribution in [-0.2, 0) is 6.54 Å². The van der Waals surface area contributed by atoms with E-state index in [2.05, 4.69) is 0 Å². The van der Waals surface area contributed by atoms with Crippen molar-refractivity contribution in [2.75, 3.05) is 7.11 Å². The second-order valence-corrected chi connectivity index (χ2v) is 5.55. The molecule has 1 heterocycles. The van der Waals surface area contributed by atoms with Crippen LogP contribution in [0.4, 0.5) is 13.2 Å². The molecule has 0 aliphatic heterocycles. The van der Waals surface area contributed by atoms with Crippen LogP contribution in [0.3, 0.4) is 0 Å². The van der Waals surface area contributed by atoms with Crippen LogP contribution in [0.1, 0.15) is 10.4 Å². The van der Waals surface area contributed by atoms with E-state index >= 15 is 0 Å². The second-order valence-electron chi connectivity index (χ2n) is 5.55. The fourth-order valence-electron chi connectivity index (χ4n) is 2.75. The van der Waals surface area contributed by atoms with Crippen molar-refractivity contribution in [3.05, 3.63) is 54.2 Å². The van der Waals surface area contributed by atoms with Crippen molar-refractivity contribution in [1.82, 2.24) is 4.57 Å². The van der Waals surface area contributed by atoms with Crippen molar-refractivity contribution in [3.8, 4) is 16.9 Å². The Hall–Kier alpha value is -2.96. The molecule has 0 saturated heterocycles. The summed E-state index contributed by atoms with van der Waals surface area (Å²) in [6, 6.07) is 11.9. The molecule has 25 heavy (non-hydrogen) atoms. The maximum atomic E-state index is 12.8. The molecular weight excluding hydrogens is 335 g/mol. The summed E-state index contributed by atoms with van der Waals surface area (Å²) in [6.07, 6.45) is -3.42. The molecular formula is C18H14F3NO3. The molecule has 0 fully saturated rings. The topological polar surface area (TPSA) is 51.5 Å². The largest absolute Gasteiger partial charge is 0.497 e. The van der Waals surface area contributed by atoms with E-state index in [1.165, 1.54) is 6.07 Å². The van der Waals surface area contributed by atoms with Gasteiger partial charge in [0.1, 0.15) is 12.3 Å². The van der Waals surface area contributed by atoms with E-state index < -0.39 is 18.7 Å². The SMILES string of the molecule is COc1ccc(-c2ccc3c(C(=O)O)cn(CC(F)(F)F)c3c2)cc1. The van der Waals surface area contributed by atoms with Crippen LogP contribution in [0.5, 0.6) is 5.75 Å². The Bertz CT molecular complexity index is 927. The molecule has 0 spiro atoms. The Morgan fingerprint density at radius 3 is 2.32 bits per heavy atom. The van der Waals surface area contributed by atoms with E-state index in [0.29, 0.717) is 11.3 Å². The quantitative estimate of drug-likeness (QED) is 0.750. The Kier molecular flexibility index (Phi) is 4.16. The Morgan fingerprint density at radius 2 is 1.76 bits per heavy atom. The van der Waals surface area contributed by atoms with Gasteiger partial charge in [-0.15, -0.1) is 0 Å². The minimum absolute atomic E-state index is 0.152. The Labute approximate surface area is 141 Å². The molecule has 130 valence electrons. The van der Waals surface area contributed by atoms with Gasteiger partial charge in [-0.05, 0) is 29.3 Å². The third-order valence-electron chi connectivity index (χ3n) is 3.89. The summed E-state index contributed by atoms with van der Waals surface area (Å²) >= 11 is 0. The first-order valence-electron chi connectivity index (χ1n) is 7.36. The highest BCUT2D eigenvalue weighted by Gasteiger charge is 2.29. The number of fused-ring (bicyclic) bond motifs is 1. The second kappa shape index (κ2) is 6.16. The predicted octanol–water partition coefficient (Wildman–Crippen LogP) is 4.58. The number of carboxylic acids is 1. The smallest absolute Gasteiger partial charge is 0.406 e. The van der Waals surface area contributed by atoms with Crippen LogP contribution in [0.2, 0.25) is 0 Å². The summed E-state index contributed by atoms with van der Waals surface area (Å²) < 4.78 is 44.4. The molecule has 0 aliphatic carbocycles. The van der Waals surface area contributed by atoms with E-state index in [-0.39, 0.29) is 16.5 Å². The number of aromatic nitrogens is 1. The van der Waals surface area contributed by atoms with Gasteiger partial charge >= 0.3 is 12.1 Å². The van der Waals surface area contributed by atoms with Crippen molar-refractivity contribution in [2.45, 2.75) is 12.7 Å². The standard InChI is InChI=1S/C18H14F3NO3/c1-25-13-5-2-11(3-6-13)12-4-7-14-15(17(23)24)9-22(16(14)8-12)10-18(19,20)21/h2-9H,10H2,1H3,(H,23,24). The van der Waals surface area contributed by atoms with Crippen molar-refractivity contribution in [2.24, 2.45) is 0 Å². The fraction of sp³-hybridized carbons (Fsp3) is 0.167. The maximum Gasteiger partial charge on any atom is 0.406 e. The molecule has 4 nitrogen and oxygen atoms in total. The summed E-state index contributed by atoms with van der Waals surface area (Å²) in [5.41, 5.74) is 1.55. The fourth-order valence-corrected chi connectivity index (χ4v) is 2.75. The summed E-state index contributed by atoms with van der Waals surface area (Å²) in [5, 5.41) is 9.50. The van der Waals surface area contributed by atoms with Gasteiger partial charge in [0.2, 0.25) is 0 Å². The number of carbonyl (C=O) groups is 1. The number of benzene rings is 2. The minimum Gasteiger partial charge on any atom is -0.497 e. The highest BCUT2D eigenvalue weighted by Crippen LogP contribution is 2.30. The number of alkyl halides is 3. The normalized spacial score (nSPS) is 11.7. The molecule has 0 amide bonds. The summed E-state index contributed by atoms with van der Waals surface area (Å²) in [5.74, 6) is -0.596. The zero-order chi connectivity index (χ0) is 18.2.